The molecule has 6 nitrogen and oxygen atoms in total. The number of nitrogens with two attached hydrogens (primary N) is 1. The molecule has 3 amide bonds. The maximum absolute atomic E-state index is 11.5. The van der Waals surface area contributed by atoms with Crippen LogP contribution >= 0.6 is 0 Å². The Labute approximate surface area is 93.9 Å². The zero-order valence-corrected chi connectivity index (χ0v) is 9.29. The monoisotopic (exact) mass is 227 g/mol. The Morgan fingerprint density at radius 2 is 2.31 bits per heavy atom. The Bertz CT molecular complexity index is 304. The van der Waals surface area contributed by atoms with Crippen LogP contribution in [-0.2, 0) is 14.4 Å². The van der Waals surface area contributed by atoms with E-state index in [1.165, 1.54) is 0 Å². The lowest BCUT2D eigenvalue weighted by Crippen LogP contribution is -2.55. The zero-order chi connectivity index (χ0) is 12.1. The van der Waals surface area contributed by atoms with Crippen molar-refractivity contribution < 1.29 is 14.4 Å². The van der Waals surface area contributed by atoms with Gasteiger partial charge >= 0.3 is 0 Å². The summed E-state index contributed by atoms with van der Waals surface area (Å²) in [6, 6.07) is -1.22. The van der Waals surface area contributed by atoms with Crippen LogP contribution in [0.1, 0.15) is 32.6 Å². The number of imide groups is 1. The molecule has 1 heterocycles. The Balaban J connectivity index is 2.45. The van der Waals surface area contributed by atoms with Gasteiger partial charge in [0, 0.05) is 6.42 Å². The molecule has 2 atom stereocenters. The van der Waals surface area contributed by atoms with Gasteiger partial charge in [0.1, 0.15) is 6.04 Å². The summed E-state index contributed by atoms with van der Waals surface area (Å²) in [7, 11) is 0. The van der Waals surface area contributed by atoms with Crippen molar-refractivity contribution in [2.75, 3.05) is 0 Å². The third-order valence-electron chi connectivity index (χ3n) is 2.49. The molecule has 0 aromatic heterocycles. The fraction of sp³-hybridized carbons (Fsp3) is 0.700. The second-order valence-corrected chi connectivity index (χ2v) is 3.91. The minimum Gasteiger partial charge on any atom is -0.343 e. The molecule has 0 aliphatic carbocycles. The summed E-state index contributed by atoms with van der Waals surface area (Å²) >= 11 is 0. The van der Waals surface area contributed by atoms with Crippen molar-refractivity contribution in [3.8, 4) is 0 Å². The highest BCUT2D eigenvalue weighted by Gasteiger charge is 2.28. The Kier molecular flexibility index (Phi) is 4.42. The van der Waals surface area contributed by atoms with Crippen LogP contribution in [-0.4, -0.2) is 29.8 Å². The first-order valence-corrected chi connectivity index (χ1v) is 5.44. The topological polar surface area (TPSA) is 101 Å². The van der Waals surface area contributed by atoms with Crippen molar-refractivity contribution in [3.05, 3.63) is 0 Å². The molecular weight excluding hydrogens is 210 g/mol. The molecule has 0 bridgehead atoms. The van der Waals surface area contributed by atoms with Crippen LogP contribution in [0.3, 0.4) is 0 Å². The highest BCUT2D eigenvalue weighted by Crippen LogP contribution is 2.05. The predicted molar refractivity (Wildman–Crippen MR) is 57.2 cm³/mol. The SMILES string of the molecule is CCC[C@H](N)C(=O)NC1CCC(=O)NC1=O. The van der Waals surface area contributed by atoms with E-state index in [1.54, 1.807) is 0 Å². The third kappa shape index (κ3) is 3.30. The quantitative estimate of drug-likeness (QED) is 0.538. The lowest BCUT2D eigenvalue weighted by Gasteiger charge is -2.23. The van der Waals surface area contributed by atoms with Gasteiger partial charge in [-0.05, 0) is 12.8 Å². The van der Waals surface area contributed by atoms with Gasteiger partial charge in [0.15, 0.2) is 0 Å². The average Bonchev–Trinajstić information content (AvgIpc) is 2.22. The van der Waals surface area contributed by atoms with Crippen LogP contribution in [0.5, 0.6) is 0 Å². The van der Waals surface area contributed by atoms with Gasteiger partial charge in [-0.25, -0.2) is 0 Å². The van der Waals surface area contributed by atoms with Gasteiger partial charge in [-0.15, -0.1) is 0 Å². The molecule has 0 aromatic rings. The van der Waals surface area contributed by atoms with E-state index >= 15 is 0 Å². The number of carbonyl (C=O) groups is 3. The van der Waals surface area contributed by atoms with Crippen molar-refractivity contribution in [1.29, 1.82) is 0 Å². The second kappa shape index (κ2) is 5.60. The van der Waals surface area contributed by atoms with E-state index in [0.717, 1.165) is 6.42 Å². The van der Waals surface area contributed by atoms with Gasteiger partial charge < -0.3 is 11.1 Å². The molecule has 1 aliphatic rings. The molecule has 1 aliphatic heterocycles. The van der Waals surface area contributed by atoms with E-state index in [4.69, 9.17) is 5.73 Å². The van der Waals surface area contributed by atoms with E-state index in [0.29, 0.717) is 12.8 Å². The van der Waals surface area contributed by atoms with Crippen LogP contribution < -0.4 is 16.4 Å². The summed E-state index contributed by atoms with van der Waals surface area (Å²) in [5.41, 5.74) is 5.61. The van der Waals surface area contributed by atoms with Crippen LogP contribution in [0.2, 0.25) is 0 Å². The average molecular weight is 227 g/mol. The standard InChI is InChI=1S/C10H17N3O3/c1-2-3-6(11)9(15)12-7-4-5-8(14)13-10(7)16/h6-7H,2-5,11H2,1H3,(H,12,15)(H,13,14,16)/t6-,7?/m0/s1. The highest BCUT2D eigenvalue weighted by molar-refractivity contribution is 6.01. The molecule has 6 heteroatoms. The summed E-state index contributed by atoms with van der Waals surface area (Å²) in [6.07, 6.45) is 1.98. The first-order valence-electron chi connectivity index (χ1n) is 5.44. The van der Waals surface area contributed by atoms with E-state index in [1.807, 2.05) is 6.92 Å². The molecule has 4 N–H and O–H groups in total. The number of hydrogen-bond acceptors (Lipinski definition) is 4. The van der Waals surface area contributed by atoms with Crippen molar-refractivity contribution in [3.63, 3.8) is 0 Å². The molecular formula is C10H17N3O3. The molecule has 1 unspecified atom stereocenters. The predicted octanol–water partition coefficient (Wildman–Crippen LogP) is -0.965. The molecule has 16 heavy (non-hydrogen) atoms. The number of carbonyl (C=O) groups excluding carboxylic acids is 3. The maximum Gasteiger partial charge on any atom is 0.249 e. The zero-order valence-electron chi connectivity index (χ0n) is 9.29. The molecule has 1 fully saturated rings. The lowest BCUT2D eigenvalue weighted by atomic mass is 10.1. The number of rotatable bonds is 4. The Morgan fingerprint density at radius 3 is 2.88 bits per heavy atom. The molecule has 0 saturated carbocycles. The normalized spacial score (nSPS) is 22.5. The van der Waals surface area contributed by atoms with Gasteiger partial charge in [0.2, 0.25) is 17.7 Å². The van der Waals surface area contributed by atoms with E-state index in [2.05, 4.69) is 10.6 Å². The molecule has 0 spiro atoms. The fourth-order valence-corrected chi connectivity index (χ4v) is 1.55. The summed E-state index contributed by atoms with van der Waals surface area (Å²) in [5.74, 6) is -1.09. The van der Waals surface area contributed by atoms with Gasteiger partial charge in [-0.2, -0.15) is 0 Å². The number of hydrogen-bond donors (Lipinski definition) is 3. The third-order valence-corrected chi connectivity index (χ3v) is 2.49. The molecule has 0 aromatic carbocycles. The fourth-order valence-electron chi connectivity index (χ4n) is 1.55. The number of amides is 3. The first-order chi connectivity index (χ1) is 7.54. The second-order valence-electron chi connectivity index (χ2n) is 3.91. The lowest BCUT2D eigenvalue weighted by molar-refractivity contribution is -0.137. The van der Waals surface area contributed by atoms with E-state index in [9.17, 15) is 14.4 Å². The van der Waals surface area contributed by atoms with Crippen LogP contribution in [0, 0.1) is 0 Å². The Hall–Kier alpha value is -1.43. The molecule has 1 rings (SSSR count). The summed E-state index contributed by atoms with van der Waals surface area (Å²) in [6.45, 7) is 1.93. The molecule has 0 radical (unpaired) electrons. The summed E-state index contributed by atoms with van der Waals surface area (Å²) in [4.78, 5) is 33.7. The first kappa shape index (κ1) is 12.6. The van der Waals surface area contributed by atoms with Crippen LogP contribution in [0.4, 0.5) is 0 Å². The van der Waals surface area contributed by atoms with Gasteiger partial charge in [0.05, 0.1) is 6.04 Å². The van der Waals surface area contributed by atoms with Crippen molar-refractivity contribution in [1.82, 2.24) is 10.6 Å². The Morgan fingerprint density at radius 1 is 1.62 bits per heavy atom. The summed E-state index contributed by atoms with van der Waals surface area (Å²) < 4.78 is 0. The number of nitrogens with one attached hydrogen (secondary N) is 2. The molecule has 90 valence electrons. The van der Waals surface area contributed by atoms with E-state index < -0.39 is 18.0 Å². The largest absolute Gasteiger partial charge is 0.343 e. The van der Waals surface area contributed by atoms with Crippen LogP contribution in [0.25, 0.3) is 0 Å². The number of piperidine rings is 1. The van der Waals surface area contributed by atoms with Crippen LogP contribution in [0.15, 0.2) is 0 Å². The maximum atomic E-state index is 11.5. The smallest absolute Gasteiger partial charge is 0.249 e. The highest BCUT2D eigenvalue weighted by atomic mass is 16.2. The summed E-state index contributed by atoms with van der Waals surface area (Å²) in [5, 5.41) is 4.72. The van der Waals surface area contributed by atoms with Gasteiger partial charge in [-0.1, -0.05) is 13.3 Å². The minimum atomic E-state index is -0.631. The van der Waals surface area contributed by atoms with Gasteiger partial charge in [0.25, 0.3) is 0 Å². The van der Waals surface area contributed by atoms with Gasteiger partial charge in [-0.3, -0.25) is 19.7 Å². The van der Waals surface area contributed by atoms with Crippen molar-refractivity contribution in [2.45, 2.75) is 44.7 Å². The minimum absolute atomic E-state index is 0.250. The van der Waals surface area contributed by atoms with Crippen molar-refractivity contribution in [2.24, 2.45) is 5.73 Å². The van der Waals surface area contributed by atoms with E-state index in [-0.39, 0.29) is 18.2 Å². The van der Waals surface area contributed by atoms with Crippen molar-refractivity contribution >= 4 is 17.7 Å². The molecule has 1 saturated heterocycles.